The zero-order valence-corrected chi connectivity index (χ0v) is 13.0. The molecule has 0 aliphatic rings. The molecule has 0 aliphatic carbocycles. The molecule has 0 saturated carbocycles. The van der Waals surface area contributed by atoms with Crippen molar-refractivity contribution in [3.63, 3.8) is 0 Å². The van der Waals surface area contributed by atoms with Gasteiger partial charge in [-0.05, 0) is 39.0 Å². The molecule has 0 N–H and O–H groups in total. The van der Waals surface area contributed by atoms with Crippen LogP contribution in [0.2, 0.25) is 0 Å². The van der Waals surface area contributed by atoms with E-state index in [0.717, 1.165) is 12.1 Å². The number of alkyl halides is 3. The van der Waals surface area contributed by atoms with Gasteiger partial charge < -0.3 is 4.74 Å². The number of esters is 1. The monoisotopic (exact) mass is 326 g/mol. The quantitative estimate of drug-likeness (QED) is 0.803. The standard InChI is InChI=1S/C16H17F3N2O2/c1-15(2,3)23-14(22)10-21-8-7-13(20-21)11-5-4-6-12(9-11)16(17,18)19/h4-9H,10H2,1-3H3. The first-order chi connectivity index (χ1) is 10.5. The fraction of sp³-hybridized carbons (Fsp3) is 0.375. The van der Waals surface area contributed by atoms with Gasteiger partial charge in [0.15, 0.2) is 0 Å². The fourth-order valence-corrected chi connectivity index (χ4v) is 1.96. The number of ether oxygens (including phenoxy) is 1. The summed E-state index contributed by atoms with van der Waals surface area (Å²) in [5.74, 6) is -0.462. The van der Waals surface area contributed by atoms with E-state index in [2.05, 4.69) is 5.10 Å². The molecule has 7 heteroatoms. The molecule has 0 amide bonds. The summed E-state index contributed by atoms with van der Waals surface area (Å²) in [5, 5.41) is 4.12. The van der Waals surface area contributed by atoms with Gasteiger partial charge in [-0.1, -0.05) is 12.1 Å². The first-order valence-corrected chi connectivity index (χ1v) is 6.97. The maximum atomic E-state index is 12.7. The molecule has 0 radical (unpaired) electrons. The maximum absolute atomic E-state index is 12.7. The summed E-state index contributed by atoms with van der Waals surface area (Å²) in [5.41, 5.74) is -0.646. The lowest BCUT2D eigenvalue weighted by molar-refractivity contribution is -0.155. The molecule has 0 saturated heterocycles. The van der Waals surface area contributed by atoms with E-state index in [1.807, 2.05) is 0 Å². The van der Waals surface area contributed by atoms with Crippen LogP contribution in [0.15, 0.2) is 36.5 Å². The van der Waals surface area contributed by atoms with E-state index < -0.39 is 23.3 Å². The van der Waals surface area contributed by atoms with Gasteiger partial charge in [0, 0.05) is 11.8 Å². The van der Waals surface area contributed by atoms with Crippen molar-refractivity contribution in [1.29, 1.82) is 0 Å². The first kappa shape index (κ1) is 17.1. The van der Waals surface area contributed by atoms with Gasteiger partial charge in [-0.2, -0.15) is 18.3 Å². The van der Waals surface area contributed by atoms with E-state index in [1.54, 1.807) is 26.8 Å². The average molecular weight is 326 g/mol. The molecule has 23 heavy (non-hydrogen) atoms. The number of nitrogens with zero attached hydrogens (tertiary/aromatic N) is 2. The Morgan fingerprint density at radius 3 is 2.52 bits per heavy atom. The Morgan fingerprint density at radius 1 is 1.22 bits per heavy atom. The minimum absolute atomic E-state index is 0.101. The maximum Gasteiger partial charge on any atom is 0.416 e. The molecule has 0 aliphatic heterocycles. The van der Waals surface area contributed by atoms with Crippen LogP contribution in [-0.2, 0) is 22.3 Å². The molecule has 1 aromatic carbocycles. The molecular formula is C16H17F3N2O2. The minimum Gasteiger partial charge on any atom is -0.459 e. The van der Waals surface area contributed by atoms with Crippen molar-refractivity contribution < 1.29 is 22.7 Å². The SMILES string of the molecule is CC(C)(C)OC(=O)Cn1ccc(-c2cccc(C(F)(F)F)c2)n1. The number of aromatic nitrogens is 2. The van der Waals surface area contributed by atoms with Crippen molar-refractivity contribution >= 4 is 5.97 Å². The number of rotatable bonds is 3. The van der Waals surface area contributed by atoms with Crippen molar-refractivity contribution in [3.8, 4) is 11.3 Å². The van der Waals surface area contributed by atoms with E-state index in [9.17, 15) is 18.0 Å². The molecule has 0 fully saturated rings. The number of benzene rings is 1. The third-order valence-corrected chi connectivity index (χ3v) is 2.84. The first-order valence-electron chi connectivity index (χ1n) is 6.97. The largest absolute Gasteiger partial charge is 0.459 e. The molecule has 4 nitrogen and oxygen atoms in total. The highest BCUT2D eigenvalue weighted by Gasteiger charge is 2.30. The molecule has 1 heterocycles. The van der Waals surface area contributed by atoms with Crippen LogP contribution in [0.25, 0.3) is 11.3 Å². The van der Waals surface area contributed by atoms with Crippen LogP contribution in [0.1, 0.15) is 26.3 Å². The molecule has 1 aromatic heterocycles. The normalized spacial score (nSPS) is 12.3. The lowest BCUT2D eigenvalue weighted by Crippen LogP contribution is -2.26. The fourth-order valence-electron chi connectivity index (χ4n) is 1.96. The van der Waals surface area contributed by atoms with Gasteiger partial charge in [0.2, 0.25) is 0 Å². The lowest BCUT2D eigenvalue weighted by Gasteiger charge is -2.19. The lowest BCUT2D eigenvalue weighted by atomic mass is 10.1. The van der Waals surface area contributed by atoms with Gasteiger partial charge >= 0.3 is 12.1 Å². The Balaban J connectivity index is 2.15. The van der Waals surface area contributed by atoms with Crippen LogP contribution in [0.3, 0.4) is 0 Å². The van der Waals surface area contributed by atoms with Gasteiger partial charge in [-0.3, -0.25) is 9.48 Å². The predicted molar refractivity (Wildman–Crippen MR) is 78.5 cm³/mol. The van der Waals surface area contributed by atoms with Gasteiger partial charge in [-0.15, -0.1) is 0 Å². The van der Waals surface area contributed by atoms with Crippen molar-refractivity contribution in [2.75, 3.05) is 0 Å². The van der Waals surface area contributed by atoms with Crippen molar-refractivity contribution in [1.82, 2.24) is 9.78 Å². The van der Waals surface area contributed by atoms with E-state index in [-0.39, 0.29) is 6.54 Å². The Morgan fingerprint density at radius 2 is 1.91 bits per heavy atom. The highest BCUT2D eigenvalue weighted by molar-refractivity contribution is 5.69. The molecule has 0 spiro atoms. The van der Waals surface area contributed by atoms with E-state index in [4.69, 9.17) is 4.74 Å². The van der Waals surface area contributed by atoms with Gasteiger partial charge in [0.25, 0.3) is 0 Å². The van der Waals surface area contributed by atoms with Gasteiger partial charge in [-0.25, -0.2) is 0 Å². The van der Waals surface area contributed by atoms with Crippen LogP contribution in [-0.4, -0.2) is 21.4 Å². The number of carbonyl (C=O) groups is 1. The number of carbonyl (C=O) groups excluding carboxylic acids is 1. The van der Waals surface area contributed by atoms with E-state index in [0.29, 0.717) is 11.3 Å². The van der Waals surface area contributed by atoms with E-state index >= 15 is 0 Å². The van der Waals surface area contributed by atoms with Gasteiger partial charge in [0.1, 0.15) is 12.1 Å². The second-order valence-corrected chi connectivity index (χ2v) is 6.06. The van der Waals surface area contributed by atoms with Crippen molar-refractivity contribution in [2.24, 2.45) is 0 Å². The highest BCUT2D eigenvalue weighted by atomic mass is 19.4. The Bertz CT molecular complexity index is 700. The van der Waals surface area contributed by atoms with Crippen LogP contribution in [0, 0.1) is 0 Å². The van der Waals surface area contributed by atoms with Crippen LogP contribution in [0.4, 0.5) is 13.2 Å². The van der Waals surface area contributed by atoms with Crippen LogP contribution < -0.4 is 0 Å². The highest BCUT2D eigenvalue weighted by Crippen LogP contribution is 2.31. The summed E-state index contributed by atoms with van der Waals surface area (Å²) >= 11 is 0. The predicted octanol–water partition coefficient (Wildman–Crippen LogP) is 3.91. The summed E-state index contributed by atoms with van der Waals surface area (Å²) in [6, 6.07) is 6.45. The zero-order chi connectivity index (χ0) is 17.3. The van der Waals surface area contributed by atoms with Crippen molar-refractivity contribution in [2.45, 2.75) is 39.1 Å². The number of hydrogen-bond acceptors (Lipinski definition) is 3. The van der Waals surface area contributed by atoms with Crippen molar-refractivity contribution in [3.05, 3.63) is 42.1 Å². The number of hydrogen-bond donors (Lipinski definition) is 0. The molecular weight excluding hydrogens is 309 g/mol. The summed E-state index contributed by atoms with van der Waals surface area (Å²) in [7, 11) is 0. The third kappa shape index (κ3) is 4.84. The van der Waals surface area contributed by atoms with E-state index in [1.165, 1.54) is 23.0 Å². The Kier molecular flexibility index (Phi) is 4.49. The summed E-state index contributed by atoms with van der Waals surface area (Å²) in [6.45, 7) is 5.16. The molecule has 2 aromatic rings. The average Bonchev–Trinajstić information content (AvgIpc) is 2.84. The molecule has 0 atom stereocenters. The summed E-state index contributed by atoms with van der Waals surface area (Å²) < 4.78 is 44.7. The topological polar surface area (TPSA) is 44.1 Å². The second-order valence-electron chi connectivity index (χ2n) is 6.06. The third-order valence-electron chi connectivity index (χ3n) is 2.84. The van der Waals surface area contributed by atoms with Gasteiger partial charge in [0.05, 0.1) is 11.3 Å². The molecule has 0 bridgehead atoms. The summed E-state index contributed by atoms with van der Waals surface area (Å²) in [6.07, 6.45) is -2.88. The minimum atomic E-state index is -4.41. The zero-order valence-electron chi connectivity index (χ0n) is 13.0. The Labute approximate surface area is 131 Å². The summed E-state index contributed by atoms with van der Waals surface area (Å²) in [4.78, 5) is 11.7. The molecule has 124 valence electrons. The smallest absolute Gasteiger partial charge is 0.416 e. The Hall–Kier alpha value is -2.31. The molecule has 2 rings (SSSR count). The second kappa shape index (κ2) is 6.06. The number of halogens is 3. The van der Waals surface area contributed by atoms with Crippen LogP contribution in [0.5, 0.6) is 0 Å². The van der Waals surface area contributed by atoms with Crippen LogP contribution >= 0.6 is 0 Å². The molecule has 0 unspecified atom stereocenters.